The molecule has 2 saturated heterocycles. The van der Waals surface area contributed by atoms with E-state index in [1.165, 1.54) is 0 Å². The Labute approximate surface area is 125 Å². The molecule has 0 bridgehead atoms. The van der Waals surface area contributed by atoms with Gasteiger partial charge >= 0.3 is 0 Å². The molecule has 2 heterocycles. The van der Waals surface area contributed by atoms with E-state index < -0.39 is 34.3 Å². The van der Waals surface area contributed by atoms with E-state index in [1.54, 1.807) is 0 Å². The molecule has 9 heteroatoms. The van der Waals surface area contributed by atoms with Crippen LogP contribution in [0.4, 0.5) is 0 Å². The molecular formula is C11H11N3O4S2. The van der Waals surface area contributed by atoms with Gasteiger partial charge in [0.2, 0.25) is 29.3 Å². The fourth-order valence-electron chi connectivity index (χ4n) is 2.39. The second-order valence-electron chi connectivity index (χ2n) is 4.44. The molecule has 2 aliphatic heterocycles. The molecule has 0 unspecified atom stereocenters. The lowest BCUT2D eigenvalue weighted by Crippen LogP contribution is -2.68. The summed E-state index contributed by atoms with van der Waals surface area (Å²) < 4.78 is 0. The first-order valence-corrected chi connectivity index (χ1v) is 6.74. The molecule has 0 aromatic heterocycles. The first kappa shape index (κ1) is 14.8. The summed E-state index contributed by atoms with van der Waals surface area (Å²) in [6.07, 6.45) is -0.163. The Hall–Kier alpha value is -1.61. The average Bonchev–Trinajstić information content (AvgIpc) is 2.89. The summed E-state index contributed by atoms with van der Waals surface area (Å²) in [6.45, 7) is 0. The van der Waals surface area contributed by atoms with Crippen molar-refractivity contribution in [2.45, 2.75) is 31.3 Å². The van der Waals surface area contributed by atoms with Crippen LogP contribution in [-0.4, -0.2) is 49.5 Å². The van der Waals surface area contributed by atoms with Gasteiger partial charge in [0, 0.05) is 31.1 Å². The van der Waals surface area contributed by atoms with Crippen LogP contribution >= 0.6 is 24.8 Å². The van der Waals surface area contributed by atoms with Gasteiger partial charge in [-0.05, 0) is 0 Å². The monoisotopic (exact) mass is 313 g/mol. The molecule has 0 aromatic rings. The van der Waals surface area contributed by atoms with Gasteiger partial charge in [-0.25, -0.2) is 9.80 Å². The van der Waals surface area contributed by atoms with E-state index in [0.717, 1.165) is 5.37 Å². The number of nitrogens with one attached hydrogen (secondary N) is 1. The summed E-state index contributed by atoms with van der Waals surface area (Å²) in [6, 6.07) is 0. The van der Waals surface area contributed by atoms with E-state index >= 15 is 0 Å². The van der Waals surface area contributed by atoms with Crippen molar-refractivity contribution in [3.63, 3.8) is 0 Å². The van der Waals surface area contributed by atoms with Crippen molar-refractivity contribution in [2.75, 3.05) is 0 Å². The largest absolute Gasteiger partial charge is 0.294 e. The molecule has 4 amide bonds. The number of likely N-dealkylation sites (tertiary alicyclic amines) is 2. The Morgan fingerprint density at radius 1 is 1.00 bits per heavy atom. The summed E-state index contributed by atoms with van der Waals surface area (Å²) in [7, 11) is 0. The van der Waals surface area contributed by atoms with Gasteiger partial charge in [-0.3, -0.25) is 24.6 Å². The normalized spacial score (nSPS) is 20.1. The fourth-order valence-corrected chi connectivity index (χ4v) is 3.07. The van der Waals surface area contributed by atoms with Crippen molar-refractivity contribution in [3.05, 3.63) is 0 Å². The highest BCUT2D eigenvalue weighted by Crippen LogP contribution is 2.32. The lowest BCUT2D eigenvalue weighted by molar-refractivity contribution is -0.153. The van der Waals surface area contributed by atoms with Crippen LogP contribution in [0.3, 0.4) is 0 Å². The minimum absolute atomic E-state index is 0.0406. The summed E-state index contributed by atoms with van der Waals surface area (Å²) >= 11 is 8.70. The zero-order valence-corrected chi connectivity index (χ0v) is 12.0. The summed E-state index contributed by atoms with van der Waals surface area (Å²) in [5.74, 6) is -2.32. The van der Waals surface area contributed by atoms with E-state index in [0.29, 0.717) is 9.80 Å². The van der Waals surface area contributed by atoms with Crippen LogP contribution in [0.15, 0.2) is 0 Å². The van der Waals surface area contributed by atoms with E-state index in [4.69, 9.17) is 17.6 Å². The van der Waals surface area contributed by atoms with Crippen LogP contribution in [0.1, 0.15) is 25.7 Å². The lowest BCUT2D eigenvalue weighted by atomic mass is 10.1. The number of thiol groups is 1. The smallest absolute Gasteiger partial charge is 0.232 e. The highest BCUT2D eigenvalue weighted by molar-refractivity contribution is 7.97. The number of hydrogen-bond acceptors (Lipinski definition) is 6. The van der Waals surface area contributed by atoms with Crippen LogP contribution in [0.25, 0.3) is 0 Å². The van der Waals surface area contributed by atoms with Gasteiger partial charge in [-0.1, -0.05) is 12.2 Å². The molecule has 0 aliphatic carbocycles. The standard InChI is InChI=1S/C11H11N3O4S2/c12-10(20)11(5-19,13-6(15)1-2-7(13)16)14-8(17)3-4-9(14)18/h5H,1-4H2,(H2,12,20). The van der Waals surface area contributed by atoms with Gasteiger partial charge in [0.05, 0.1) is 0 Å². The van der Waals surface area contributed by atoms with Crippen molar-refractivity contribution in [3.8, 4) is 0 Å². The van der Waals surface area contributed by atoms with E-state index in [9.17, 15) is 19.2 Å². The third-order valence-corrected chi connectivity index (χ3v) is 3.96. The Balaban J connectivity index is 2.62. The number of thiocarbonyl (C=S) groups is 1. The number of hydrogen-bond donors (Lipinski definition) is 2. The summed E-state index contributed by atoms with van der Waals surface area (Å²) in [5.41, 5.74) is -2.01. The molecular weight excluding hydrogens is 302 g/mol. The van der Waals surface area contributed by atoms with E-state index in [1.807, 2.05) is 0 Å². The van der Waals surface area contributed by atoms with Crippen LogP contribution < -0.4 is 0 Å². The predicted octanol–water partition coefficient (Wildman–Crippen LogP) is -0.113. The molecule has 0 atom stereocenters. The molecule has 2 aliphatic rings. The number of carbonyl (C=O) groups excluding carboxylic acids is 4. The maximum atomic E-state index is 11.9. The zero-order valence-electron chi connectivity index (χ0n) is 10.3. The van der Waals surface area contributed by atoms with Gasteiger partial charge < -0.3 is 0 Å². The number of amides is 4. The quantitative estimate of drug-likeness (QED) is 0.248. The van der Waals surface area contributed by atoms with Gasteiger partial charge in [-0.2, -0.15) is 0 Å². The van der Waals surface area contributed by atoms with E-state index in [-0.39, 0.29) is 25.7 Å². The lowest BCUT2D eigenvalue weighted by Gasteiger charge is -2.41. The zero-order chi connectivity index (χ0) is 15.1. The number of imide groups is 2. The average molecular weight is 313 g/mol. The first-order chi connectivity index (χ1) is 9.36. The third kappa shape index (κ3) is 1.88. The van der Waals surface area contributed by atoms with Gasteiger partial charge in [0.25, 0.3) is 0 Å². The molecule has 0 aromatic carbocycles. The van der Waals surface area contributed by atoms with Crippen LogP contribution in [0.5, 0.6) is 0 Å². The Morgan fingerprint density at radius 3 is 1.50 bits per heavy atom. The predicted molar refractivity (Wildman–Crippen MR) is 75.3 cm³/mol. The van der Waals surface area contributed by atoms with Crippen molar-refractivity contribution in [1.29, 1.82) is 5.41 Å². The molecule has 0 saturated carbocycles. The molecule has 2 rings (SSSR count). The van der Waals surface area contributed by atoms with Gasteiger partial charge in [0.15, 0.2) is 0 Å². The highest BCUT2D eigenvalue weighted by atomic mass is 32.1. The fraction of sp³-hybridized carbons (Fsp3) is 0.455. The Kier molecular flexibility index (Phi) is 3.74. The molecule has 0 spiro atoms. The Bertz CT molecular complexity index is 492. The van der Waals surface area contributed by atoms with Crippen LogP contribution in [0, 0.1) is 5.41 Å². The number of nitrogens with zero attached hydrogens (tertiary/aromatic N) is 2. The second-order valence-corrected chi connectivity index (χ2v) is 5.12. The van der Waals surface area contributed by atoms with Crippen LogP contribution in [-0.2, 0) is 19.2 Å². The number of rotatable bonds is 4. The number of carbonyl (C=O) groups is 4. The molecule has 0 radical (unpaired) electrons. The van der Waals surface area contributed by atoms with Crippen molar-refractivity contribution in [1.82, 2.24) is 9.80 Å². The SMILES string of the molecule is N=C(S)C(C=S)(N1C(=O)CCC1=O)N1C(=O)CCC1=O. The first-order valence-electron chi connectivity index (χ1n) is 5.82. The highest BCUT2D eigenvalue weighted by Gasteiger charge is 2.56. The molecule has 20 heavy (non-hydrogen) atoms. The van der Waals surface area contributed by atoms with Crippen molar-refractivity contribution < 1.29 is 19.2 Å². The topological polar surface area (TPSA) is 98.6 Å². The van der Waals surface area contributed by atoms with E-state index in [2.05, 4.69) is 12.6 Å². The summed E-state index contributed by atoms with van der Waals surface area (Å²) in [5, 5.41) is 8.16. The van der Waals surface area contributed by atoms with Crippen LogP contribution in [0.2, 0.25) is 0 Å². The maximum Gasteiger partial charge on any atom is 0.232 e. The molecule has 106 valence electrons. The molecule has 1 N–H and O–H groups in total. The van der Waals surface area contributed by atoms with Crippen molar-refractivity contribution >= 4 is 58.9 Å². The van der Waals surface area contributed by atoms with Gasteiger partial charge in [-0.15, -0.1) is 12.6 Å². The third-order valence-electron chi connectivity index (χ3n) is 3.30. The summed E-state index contributed by atoms with van der Waals surface area (Å²) in [4.78, 5) is 49.1. The van der Waals surface area contributed by atoms with Gasteiger partial charge in [0.1, 0.15) is 5.04 Å². The minimum Gasteiger partial charge on any atom is -0.294 e. The van der Waals surface area contributed by atoms with Crippen molar-refractivity contribution in [2.24, 2.45) is 0 Å². The second kappa shape index (κ2) is 5.06. The molecule has 2 fully saturated rings. The minimum atomic E-state index is -2.01. The molecule has 7 nitrogen and oxygen atoms in total. The Morgan fingerprint density at radius 2 is 1.30 bits per heavy atom. The maximum absolute atomic E-state index is 11.9.